The molecule has 3 rings (SSSR count). The molecule has 6 heteroatoms. The van der Waals surface area contributed by atoms with Crippen LogP contribution in [-0.2, 0) is 6.42 Å². The lowest BCUT2D eigenvalue weighted by molar-refractivity contribution is 0.408. The van der Waals surface area contributed by atoms with Gasteiger partial charge in [0.15, 0.2) is 11.6 Å². The maximum atomic E-state index is 5.40. The Balaban J connectivity index is 1.98. The van der Waals surface area contributed by atoms with E-state index in [0.29, 0.717) is 18.0 Å². The molecule has 5 nitrogen and oxygen atoms in total. The summed E-state index contributed by atoms with van der Waals surface area (Å²) < 4.78 is 6.59. The first-order chi connectivity index (χ1) is 9.81. The van der Waals surface area contributed by atoms with E-state index in [2.05, 4.69) is 26.3 Å². The summed E-state index contributed by atoms with van der Waals surface area (Å²) in [5.41, 5.74) is 1.86. The number of nitrogens with zero attached hydrogens (tertiary/aromatic N) is 3. The summed E-state index contributed by atoms with van der Waals surface area (Å²) in [6.45, 7) is 0. The van der Waals surface area contributed by atoms with E-state index in [1.54, 1.807) is 18.4 Å². The molecule has 0 atom stereocenters. The SMILES string of the molecule is CNc1ncnc(Cc2nc3ccccc3s2)c1OC. The number of para-hydroxylation sites is 1. The maximum absolute atomic E-state index is 5.40. The lowest BCUT2D eigenvalue weighted by Gasteiger charge is -2.09. The summed E-state index contributed by atoms with van der Waals surface area (Å²) in [5, 5.41) is 4.02. The molecule has 0 radical (unpaired) electrons. The highest BCUT2D eigenvalue weighted by molar-refractivity contribution is 7.18. The highest BCUT2D eigenvalue weighted by atomic mass is 32.1. The lowest BCUT2D eigenvalue weighted by atomic mass is 10.2. The molecule has 0 aliphatic rings. The van der Waals surface area contributed by atoms with Gasteiger partial charge >= 0.3 is 0 Å². The third-order valence-corrected chi connectivity index (χ3v) is 4.01. The zero-order valence-electron chi connectivity index (χ0n) is 11.3. The number of fused-ring (bicyclic) bond motifs is 1. The van der Waals surface area contributed by atoms with Crippen LogP contribution in [0.1, 0.15) is 10.7 Å². The molecule has 1 N–H and O–H groups in total. The Morgan fingerprint density at radius 1 is 1.25 bits per heavy atom. The van der Waals surface area contributed by atoms with Crippen molar-refractivity contribution in [2.24, 2.45) is 0 Å². The van der Waals surface area contributed by atoms with Crippen molar-refractivity contribution >= 4 is 27.4 Å². The summed E-state index contributed by atoms with van der Waals surface area (Å²) in [7, 11) is 3.44. The van der Waals surface area contributed by atoms with Crippen LogP contribution < -0.4 is 10.1 Å². The second-order valence-electron chi connectivity index (χ2n) is 4.20. The quantitative estimate of drug-likeness (QED) is 0.799. The van der Waals surface area contributed by atoms with Crippen molar-refractivity contribution in [2.75, 3.05) is 19.5 Å². The van der Waals surface area contributed by atoms with Gasteiger partial charge in [0.2, 0.25) is 0 Å². The Morgan fingerprint density at radius 3 is 2.85 bits per heavy atom. The molecule has 20 heavy (non-hydrogen) atoms. The van der Waals surface area contributed by atoms with Crippen molar-refractivity contribution in [3.63, 3.8) is 0 Å². The number of aromatic nitrogens is 3. The van der Waals surface area contributed by atoms with E-state index in [9.17, 15) is 0 Å². The zero-order valence-corrected chi connectivity index (χ0v) is 12.1. The van der Waals surface area contributed by atoms with Gasteiger partial charge in [-0.2, -0.15) is 0 Å². The number of anilines is 1. The molecule has 1 aromatic carbocycles. The van der Waals surface area contributed by atoms with Crippen LogP contribution in [0, 0.1) is 0 Å². The molecule has 2 aromatic heterocycles. The summed E-state index contributed by atoms with van der Waals surface area (Å²) >= 11 is 1.68. The number of hydrogen-bond acceptors (Lipinski definition) is 6. The number of methoxy groups -OCH3 is 1. The Morgan fingerprint density at radius 2 is 2.10 bits per heavy atom. The molecule has 2 heterocycles. The summed E-state index contributed by atoms with van der Waals surface area (Å²) in [5.74, 6) is 1.37. The maximum Gasteiger partial charge on any atom is 0.183 e. The van der Waals surface area contributed by atoms with Crippen LogP contribution in [0.15, 0.2) is 30.6 Å². The number of thiazole rings is 1. The Labute approximate surface area is 120 Å². The minimum Gasteiger partial charge on any atom is -0.491 e. The fraction of sp³-hybridized carbons (Fsp3) is 0.214. The molecule has 0 saturated carbocycles. The highest BCUT2D eigenvalue weighted by Gasteiger charge is 2.13. The van der Waals surface area contributed by atoms with Gasteiger partial charge in [0, 0.05) is 13.5 Å². The van der Waals surface area contributed by atoms with Gasteiger partial charge in [-0.3, -0.25) is 0 Å². The summed E-state index contributed by atoms with van der Waals surface area (Å²) in [6, 6.07) is 8.11. The molecule has 0 saturated heterocycles. The van der Waals surface area contributed by atoms with Gasteiger partial charge in [-0.1, -0.05) is 12.1 Å². The van der Waals surface area contributed by atoms with E-state index in [1.165, 1.54) is 11.0 Å². The van der Waals surface area contributed by atoms with E-state index >= 15 is 0 Å². The second-order valence-corrected chi connectivity index (χ2v) is 5.32. The molecular formula is C14H14N4OS. The normalized spacial score (nSPS) is 10.7. The monoisotopic (exact) mass is 286 g/mol. The Hall–Kier alpha value is -2.21. The predicted molar refractivity (Wildman–Crippen MR) is 80.6 cm³/mol. The average Bonchev–Trinajstić information content (AvgIpc) is 2.89. The molecule has 0 amide bonds. The molecular weight excluding hydrogens is 272 g/mol. The summed E-state index contributed by atoms with van der Waals surface area (Å²) in [6.07, 6.45) is 2.18. The van der Waals surface area contributed by atoms with Crippen molar-refractivity contribution in [3.8, 4) is 5.75 Å². The first-order valence-corrected chi connectivity index (χ1v) is 7.03. The van der Waals surface area contributed by atoms with Gasteiger partial charge in [0.1, 0.15) is 6.33 Å². The van der Waals surface area contributed by atoms with Crippen LogP contribution in [0.5, 0.6) is 5.75 Å². The third kappa shape index (κ3) is 2.30. The Kier molecular flexibility index (Phi) is 3.47. The van der Waals surface area contributed by atoms with Crippen molar-refractivity contribution in [2.45, 2.75) is 6.42 Å². The van der Waals surface area contributed by atoms with Gasteiger partial charge in [0.25, 0.3) is 0 Å². The molecule has 0 fully saturated rings. The van der Waals surface area contributed by atoms with Crippen LogP contribution >= 0.6 is 11.3 Å². The molecule has 3 aromatic rings. The van der Waals surface area contributed by atoms with Crippen molar-refractivity contribution < 1.29 is 4.74 Å². The number of rotatable bonds is 4. The minimum absolute atomic E-state index is 0.639. The molecule has 0 aliphatic carbocycles. The van der Waals surface area contributed by atoms with E-state index in [1.807, 2.05) is 25.2 Å². The van der Waals surface area contributed by atoms with Gasteiger partial charge < -0.3 is 10.1 Å². The van der Waals surface area contributed by atoms with Gasteiger partial charge in [-0.25, -0.2) is 15.0 Å². The highest BCUT2D eigenvalue weighted by Crippen LogP contribution is 2.29. The smallest absolute Gasteiger partial charge is 0.183 e. The first kappa shape index (κ1) is 12.8. The number of hydrogen-bond donors (Lipinski definition) is 1. The fourth-order valence-electron chi connectivity index (χ4n) is 2.07. The number of benzene rings is 1. The Bertz CT molecular complexity index is 708. The molecule has 0 bridgehead atoms. The van der Waals surface area contributed by atoms with Gasteiger partial charge in [-0.15, -0.1) is 11.3 Å². The molecule has 0 spiro atoms. The van der Waals surface area contributed by atoms with E-state index in [0.717, 1.165) is 16.2 Å². The third-order valence-electron chi connectivity index (χ3n) is 2.98. The molecule has 0 aliphatic heterocycles. The molecule has 102 valence electrons. The van der Waals surface area contributed by atoms with Gasteiger partial charge in [-0.05, 0) is 12.1 Å². The van der Waals surface area contributed by atoms with Crippen LogP contribution in [-0.4, -0.2) is 29.1 Å². The standard InChI is InChI=1S/C14H14N4OS/c1-15-14-13(19-2)10(16-8-17-14)7-12-18-9-5-3-4-6-11(9)20-12/h3-6,8H,7H2,1-2H3,(H,15,16,17). The molecule has 0 unspecified atom stereocenters. The number of nitrogens with one attached hydrogen (secondary N) is 1. The largest absolute Gasteiger partial charge is 0.491 e. The minimum atomic E-state index is 0.639. The second kappa shape index (κ2) is 5.42. The first-order valence-electron chi connectivity index (χ1n) is 6.22. The van der Waals surface area contributed by atoms with Crippen molar-refractivity contribution in [1.29, 1.82) is 0 Å². The van der Waals surface area contributed by atoms with E-state index in [-0.39, 0.29) is 0 Å². The average molecular weight is 286 g/mol. The zero-order chi connectivity index (χ0) is 13.9. The number of ether oxygens (including phenoxy) is 1. The van der Waals surface area contributed by atoms with Crippen LogP contribution in [0.3, 0.4) is 0 Å². The fourth-order valence-corrected chi connectivity index (χ4v) is 3.04. The van der Waals surface area contributed by atoms with E-state index in [4.69, 9.17) is 4.74 Å². The van der Waals surface area contributed by atoms with E-state index < -0.39 is 0 Å². The van der Waals surface area contributed by atoms with Crippen molar-refractivity contribution in [3.05, 3.63) is 41.3 Å². The van der Waals surface area contributed by atoms with Crippen molar-refractivity contribution in [1.82, 2.24) is 15.0 Å². The summed E-state index contributed by atoms with van der Waals surface area (Å²) in [4.78, 5) is 13.1. The lowest BCUT2D eigenvalue weighted by Crippen LogP contribution is -2.03. The van der Waals surface area contributed by atoms with Crippen LogP contribution in [0.4, 0.5) is 5.82 Å². The van der Waals surface area contributed by atoms with Gasteiger partial charge in [0.05, 0.1) is 28.0 Å². The predicted octanol–water partition coefficient (Wildman–Crippen LogP) is 2.73. The van der Waals surface area contributed by atoms with Crippen LogP contribution in [0.2, 0.25) is 0 Å². The van der Waals surface area contributed by atoms with Crippen LogP contribution in [0.25, 0.3) is 10.2 Å². The topological polar surface area (TPSA) is 59.9 Å².